The third-order valence-electron chi connectivity index (χ3n) is 5.63. The zero-order chi connectivity index (χ0) is 20.5. The van der Waals surface area contributed by atoms with Crippen LogP contribution in [0.15, 0.2) is 48.5 Å². The standard InChI is InChI=1S/C23H22FN3OS/c1-3-21-14(2)26-23(29-21)27-19(12-25)22(20(27)13-28)18-7-5-4-6-17(18)15-8-10-16(24)11-9-15/h4-11,19-20,22,28H,3,13H2,1-2H3/t19-,20+,22+/m1/s1. The highest BCUT2D eigenvalue weighted by atomic mass is 32.1. The summed E-state index contributed by atoms with van der Waals surface area (Å²) >= 11 is 1.59. The molecule has 29 heavy (non-hydrogen) atoms. The van der Waals surface area contributed by atoms with Crippen molar-refractivity contribution >= 4 is 16.5 Å². The first-order chi connectivity index (χ1) is 14.1. The van der Waals surface area contributed by atoms with Crippen LogP contribution in [0.3, 0.4) is 0 Å². The van der Waals surface area contributed by atoms with E-state index in [1.807, 2.05) is 36.1 Å². The van der Waals surface area contributed by atoms with Crippen molar-refractivity contribution in [1.29, 1.82) is 5.26 Å². The Morgan fingerprint density at radius 1 is 1.21 bits per heavy atom. The number of benzene rings is 2. The highest BCUT2D eigenvalue weighted by molar-refractivity contribution is 7.15. The fourth-order valence-electron chi connectivity index (χ4n) is 4.17. The van der Waals surface area contributed by atoms with Gasteiger partial charge in [0.1, 0.15) is 11.9 Å². The van der Waals surface area contributed by atoms with E-state index in [1.165, 1.54) is 17.0 Å². The Morgan fingerprint density at radius 3 is 2.55 bits per heavy atom. The van der Waals surface area contributed by atoms with Gasteiger partial charge in [-0.1, -0.05) is 43.3 Å². The Balaban J connectivity index is 1.74. The van der Waals surface area contributed by atoms with Gasteiger partial charge in [-0.15, -0.1) is 11.3 Å². The van der Waals surface area contributed by atoms with Gasteiger partial charge in [-0.25, -0.2) is 9.37 Å². The van der Waals surface area contributed by atoms with Gasteiger partial charge in [0.15, 0.2) is 5.13 Å². The van der Waals surface area contributed by atoms with Gasteiger partial charge in [-0.05, 0) is 42.2 Å². The maximum absolute atomic E-state index is 13.4. The molecule has 148 valence electrons. The summed E-state index contributed by atoms with van der Waals surface area (Å²) in [6.07, 6.45) is 0.898. The molecule has 2 heterocycles. The van der Waals surface area contributed by atoms with Crippen molar-refractivity contribution in [3.05, 3.63) is 70.5 Å². The predicted molar refractivity (Wildman–Crippen MR) is 114 cm³/mol. The van der Waals surface area contributed by atoms with Gasteiger partial charge in [0.25, 0.3) is 0 Å². The quantitative estimate of drug-likeness (QED) is 0.667. The lowest BCUT2D eigenvalue weighted by Crippen LogP contribution is -2.63. The molecule has 2 aromatic carbocycles. The largest absolute Gasteiger partial charge is 0.394 e. The van der Waals surface area contributed by atoms with Gasteiger partial charge in [0.05, 0.1) is 24.4 Å². The highest BCUT2D eigenvalue weighted by Gasteiger charge is 2.51. The van der Waals surface area contributed by atoms with Crippen LogP contribution in [0, 0.1) is 24.1 Å². The molecule has 0 saturated carbocycles. The van der Waals surface area contributed by atoms with Gasteiger partial charge in [-0.2, -0.15) is 5.26 Å². The lowest BCUT2D eigenvalue weighted by molar-refractivity contribution is 0.188. The van der Waals surface area contributed by atoms with E-state index in [1.54, 1.807) is 23.5 Å². The van der Waals surface area contributed by atoms with Crippen LogP contribution in [-0.2, 0) is 6.42 Å². The van der Waals surface area contributed by atoms with Gasteiger partial charge >= 0.3 is 0 Å². The van der Waals surface area contributed by atoms with Crippen LogP contribution in [0.5, 0.6) is 0 Å². The molecule has 1 aliphatic heterocycles. The minimum atomic E-state index is -0.413. The SMILES string of the molecule is CCc1sc(N2[C@H](C#N)[C@H](c3ccccc3-c3ccc(F)cc3)[C@@H]2CO)nc1C. The van der Waals surface area contributed by atoms with E-state index >= 15 is 0 Å². The molecule has 1 aromatic heterocycles. The van der Waals surface area contributed by atoms with Crippen molar-refractivity contribution in [2.24, 2.45) is 0 Å². The molecule has 3 aromatic rings. The second-order valence-electron chi connectivity index (χ2n) is 7.21. The number of aliphatic hydroxyl groups is 1. The van der Waals surface area contributed by atoms with E-state index in [2.05, 4.69) is 18.0 Å². The first kappa shape index (κ1) is 19.6. The second kappa shape index (κ2) is 7.94. The molecule has 6 heteroatoms. The molecule has 0 radical (unpaired) electrons. The van der Waals surface area contributed by atoms with Crippen LogP contribution in [0.25, 0.3) is 11.1 Å². The van der Waals surface area contributed by atoms with Crippen LogP contribution in [-0.4, -0.2) is 28.8 Å². The molecule has 1 saturated heterocycles. The molecule has 1 aliphatic rings. The lowest BCUT2D eigenvalue weighted by atomic mass is 9.74. The molecule has 3 atom stereocenters. The van der Waals surface area contributed by atoms with Crippen molar-refractivity contribution in [3.63, 3.8) is 0 Å². The summed E-state index contributed by atoms with van der Waals surface area (Å²) in [6, 6.07) is 16.0. The summed E-state index contributed by atoms with van der Waals surface area (Å²) in [4.78, 5) is 7.80. The molecule has 0 aliphatic carbocycles. The van der Waals surface area contributed by atoms with E-state index < -0.39 is 6.04 Å². The van der Waals surface area contributed by atoms with E-state index in [0.717, 1.165) is 33.9 Å². The van der Waals surface area contributed by atoms with Gasteiger partial charge in [-0.3, -0.25) is 0 Å². The summed E-state index contributed by atoms with van der Waals surface area (Å²) in [5.74, 6) is -0.435. The number of nitriles is 1. The molecule has 0 bridgehead atoms. The molecular formula is C23H22FN3OS. The summed E-state index contributed by atoms with van der Waals surface area (Å²) < 4.78 is 13.4. The Morgan fingerprint density at radius 2 is 1.93 bits per heavy atom. The van der Waals surface area contributed by atoms with Crippen molar-refractivity contribution in [3.8, 4) is 17.2 Å². The Labute approximate surface area is 173 Å². The van der Waals surface area contributed by atoms with Crippen molar-refractivity contribution in [2.45, 2.75) is 38.3 Å². The topological polar surface area (TPSA) is 60.2 Å². The van der Waals surface area contributed by atoms with Crippen molar-refractivity contribution in [1.82, 2.24) is 4.98 Å². The summed E-state index contributed by atoms with van der Waals surface area (Å²) in [6.45, 7) is 4.00. The van der Waals surface area contributed by atoms with Crippen LogP contribution < -0.4 is 4.90 Å². The highest BCUT2D eigenvalue weighted by Crippen LogP contribution is 2.47. The smallest absolute Gasteiger partial charge is 0.187 e. The van der Waals surface area contributed by atoms with Crippen LogP contribution in [0.2, 0.25) is 0 Å². The number of hydrogen-bond acceptors (Lipinski definition) is 5. The predicted octanol–water partition coefficient (Wildman–Crippen LogP) is 4.68. The summed E-state index contributed by atoms with van der Waals surface area (Å²) in [5, 5.41) is 20.9. The summed E-state index contributed by atoms with van der Waals surface area (Å²) in [7, 11) is 0. The van der Waals surface area contributed by atoms with Crippen LogP contribution in [0.1, 0.15) is 29.0 Å². The van der Waals surface area contributed by atoms with Gasteiger partial charge in [0.2, 0.25) is 0 Å². The van der Waals surface area contributed by atoms with E-state index in [9.17, 15) is 14.8 Å². The maximum Gasteiger partial charge on any atom is 0.187 e. The third-order valence-corrected chi connectivity index (χ3v) is 6.94. The number of thiazole rings is 1. The molecule has 0 amide bonds. The number of rotatable bonds is 5. The third kappa shape index (κ3) is 3.31. The average Bonchev–Trinajstić information content (AvgIpc) is 3.09. The van der Waals surface area contributed by atoms with E-state index in [4.69, 9.17) is 0 Å². The van der Waals surface area contributed by atoms with E-state index in [-0.39, 0.29) is 24.4 Å². The van der Waals surface area contributed by atoms with Gasteiger partial charge in [0, 0.05) is 10.8 Å². The van der Waals surface area contributed by atoms with Gasteiger partial charge < -0.3 is 10.0 Å². The first-order valence-corrected chi connectivity index (χ1v) is 10.5. The lowest BCUT2D eigenvalue weighted by Gasteiger charge is -2.52. The minimum Gasteiger partial charge on any atom is -0.394 e. The van der Waals surface area contributed by atoms with Crippen molar-refractivity contribution in [2.75, 3.05) is 11.5 Å². The molecule has 4 rings (SSSR count). The number of halogens is 1. The Kier molecular flexibility index (Phi) is 5.35. The van der Waals surface area contributed by atoms with Crippen LogP contribution >= 0.6 is 11.3 Å². The number of aliphatic hydroxyl groups excluding tert-OH is 1. The first-order valence-electron chi connectivity index (χ1n) is 9.69. The van der Waals surface area contributed by atoms with Crippen molar-refractivity contribution < 1.29 is 9.50 Å². The molecule has 0 spiro atoms. The zero-order valence-corrected chi connectivity index (χ0v) is 17.2. The Hall–Kier alpha value is -2.75. The number of aryl methyl sites for hydroxylation is 2. The fourth-order valence-corrected chi connectivity index (χ4v) is 5.27. The molecule has 1 fully saturated rings. The summed E-state index contributed by atoms with van der Waals surface area (Å²) in [5.41, 5.74) is 3.83. The van der Waals surface area contributed by atoms with E-state index in [0.29, 0.717) is 0 Å². The maximum atomic E-state index is 13.4. The fraction of sp³-hybridized carbons (Fsp3) is 0.304. The number of aromatic nitrogens is 1. The molecular weight excluding hydrogens is 385 g/mol. The molecule has 4 nitrogen and oxygen atoms in total. The molecule has 1 N–H and O–H groups in total. The normalized spacial score (nSPS) is 20.9. The second-order valence-corrected chi connectivity index (χ2v) is 8.27. The number of nitrogens with zero attached hydrogens (tertiary/aromatic N) is 3. The molecule has 0 unspecified atom stereocenters. The zero-order valence-electron chi connectivity index (χ0n) is 16.3. The number of anilines is 1. The van der Waals surface area contributed by atoms with Crippen LogP contribution in [0.4, 0.5) is 9.52 Å². The monoisotopic (exact) mass is 407 g/mol. The Bertz CT molecular complexity index is 1060. The minimum absolute atomic E-state index is 0.0688. The number of hydrogen-bond donors (Lipinski definition) is 1. The average molecular weight is 408 g/mol.